The predicted octanol–water partition coefficient (Wildman–Crippen LogP) is 5.53. The SMILES string of the molecule is CCCC(CCCCS(=O)(=O)c1ccc(C)cc1C)C(=O)NCc1cccc2cnccc12. The number of nitrogens with one attached hydrogen (secondary N) is 1. The maximum absolute atomic E-state index is 12.9. The first-order valence-corrected chi connectivity index (χ1v) is 13.4. The summed E-state index contributed by atoms with van der Waals surface area (Å²) in [5.74, 6) is 0.0529. The summed E-state index contributed by atoms with van der Waals surface area (Å²) in [5.41, 5.74) is 2.92. The van der Waals surface area contributed by atoms with Crippen molar-refractivity contribution >= 4 is 26.5 Å². The second-order valence-electron chi connectivity index (χ2n) is 8.80. The van der Waals surface area contributed by atoms with Crippen LogP contribution < -0.4 is 5.32 Å². The third kappa shape index (κ3) is 6.64. The predicted molar refractivity (Wildman–Crippen MR) is 134 cm³/mol. The van der Waals surface area contributed by atoms with Gasteiger partial charge in [-0.15, -0.1) is 0 Å². The molecule has 0 bridgehead atoms. The van der Waals surface area contributed by atoms with E-state index in [0.717, 1.165) is 40.3 Å². The normalized spacial score (nSPS) is 12.6. The van der Waals surface area contributed by atoms with E-state index in [9.17, 15) is 13.2 Å². The number of pyridine rings is 1. The Kier molecular flexibility index (Phi) is 8.61. The maximum atomic E-state index is 12.9. The first-order chi connectivity index (χ1) is 15.8. The summed E-state index contributed by atoms with van der Waals surface area (Å²) in [6.07, 6.45) is 7.27. The van der Waals surface area contributed by atoms with E-state index in [2.05, 4.69) is 17.2 Å². The minimum atomic E-state index is -3.31. The number of amides is 1. The van der Waals surface area contributed by atoms with Gasteiger partial charge in [-0.25, -0.2) is 8.42 Å². The standard InChI is InChI=1S/C27H34N2O3S/c1-4-8-22(9-5-6-16-33(31,32)26-13-12-20(2)17-21(26)3)27(30)29-19-24-11-7-10-23-18-28-15-14-25(23)24/h7,10-15,17-18,22H,4-6,8-9,16,19H2,1-3H3,(H,29,30). The number of hydrogen-bond donors (Lipinski definition) is 1. The number of fused-ring (bicyclic) bond motifs is 1. The number of unbranched alkanes of at least 4 members (excludes halogenated alkanes) is 1. The van der Waals surface area contributed by atoms with Gasteiger partial charge in [0.15, 0.2) is 9.84 Å². The molecule has 1 amide bonds. The second-order valence-corrected chi connectivity index (χ2v) is 10.9. The Morgan fingerprint density at radius 2 is 1.88 bits per heavy atom. The van der Waals surface area contributed by atoms with Crippen molar-refractivity contribution in [2.75, 3.05) is 5.75 Å². The molecule has 0 saturated heterocycles. The fourth-order valence-corrected chi connectivity index (χ4v) is 6.00. The molecule has 0 fully saturated rings. The summed E-state index contributed by atoms with van der Waals surface area (Å²) in [7, 11) is -3.31. The van der Waals surface area contributed by atoms with Crippen LogP contribution in [0.5, 0.6) is 0 Å². The largest absolute Gasteiger partial charge is 0.352 e. The molecule has 3 aromatic rings. The molecule has 0 spiro atoms. The first kappa shape index (κ1) is 24.9. The van der Waals surface area contributed by atoms with Gasteiger partial charge in [-0.2, -0.15) is 0 Å². The van der Waals surface area contributed by atoms with Crippen LogP contribution in [0.4, 0.5) is 0 Å². The van der Waals surface area contributed by atoms with E-state index in [4.69, 9.17) is 0 Å². The molecule has 1 atom stereocenters. The number of hydrogen-bond acceptors (Lipinski definition) is 4. The third-order valence-corrected chi connectivity index (χ3v) is 8.07. The molecule has 0 aliphatic carbocycles. The van der Waals surface area contributed by atoms with Crippen LogP contribution in [0, 0.1) is 19.8 Å². The van der Waals surface area contributed by atoms with E-state index in [1.165, 1.54) is 0 Å². The molecular formula is C27H34N2O3S. The lowest BCUT2D eigenvalue weighted by Gasteiger charge is -2.17. The Labute approximate surface area is 197 Å². The lowest BCUT2D eigenvalue weighted by molar-refractivity contribution is -0.125. The molecule has 1 unspecified atom stereocenters. The van der Waals surface area contributed by atoms with Gasteiger partial charge in [0.1, 0.15) is 0 Å². The van der Waals surface area contributed by atoms with Crippen molar-refractivity contribution in [2.24, 2.45) is 5.92 Å². The maximum Gasteiger partial charge on any atom is 0.223 e. The zero-order valence-corrected chi connectivity index (χ0v) is 20.6. The molecule has 1 heterocycles. The fourth-order valence-electron chi connectivity index (χ4n) is 4.37. The molecule has 5 nitrogen and oxygen atoms in total. The highest BCUT2D eigenvalue weighted by atomic mass is 32.2. The number of rotatable bonds is 11. The highest BCUT2D eigenvalue weighted by Crippen LogP contribution is 2.22. The zero-order chi connectivity index (χ0) is 23.8. The molecule has 0 saturated carbocycles. The number of carbonyl (C=O) groups excluding carboxylic acids is 1. The van der Waals surface area contributed by atoms with Crippen molar-refractivity contribution in [2.45, 2.75) is 64.3 Å². The lowest BCUT2D eigenvalue weighted by Crippen LogP contribution is -2.30. The van der Waals surface area contributed by atoms with E-state index in [0.29, 0.717) is 30.7 Å². The number of aromatic nitrogens is 1. The summed E-state index contributed by atoms with van der Waals surface area (Å²) < 4.78 is 25.5. The molecule has 2 aromatic carbocycles. The number of benzene rings is 2. The molecule has 1 aromatic heterocycles. The third-order valence-electron chi connectivity index (χ3n) is 6.11. The average Bonchev–Trinajstić information content (AvgIpc) is 2.79. The quantitative estimate of drug-likeness (QED) is 0.377. The van der Waals surface area contributed by atoms with Gasteiger partial charge in [0.25, 0.3) is 0 Å². The van der Waals surface area contributed by atoms with Gasteiger partial charge in [0, 0.05) is 30.2 Å². The van der Waals surface area contributed by atoms with Crippen molar-refractivity contribution in [1.82, 2.24) is 10.3 Å². The van der Waals surface area contributed by atoms with Gasteiger partial charge in [0.05, 0.1) is 10.6 Å². The van der Waals surface area contributed by atoms with Crippen LogP contribution in [0.1, 0.15) is 55.7 Å². The first-order valence-electron chi connectivity index (χ1n) is 11.7. The van der Waals surface area contributed by atoms with Crippen LogP contribution in [0.15, 0.2) is 59.8 Å². The molecule has 176 valence electrons. The van der Waals surface area contributed by atoms with Crippen molar-refractivity contribution < 1.29 is 13.2 Å². The molecular weight excluding hydrogens is 432 g/mol. The van der Waals surface area contributed by atoms with Crippen molar-refractivity contribution in [3.8, 4) is 0 Å². The fraction of sp³-hybridized carbons (Fsp3) is 0.407. The van der Waals surface area contributed by atoms with Crippen LogP contribution in [-0.2, 0) is 21.2 Å². The summed E-state index contributed by atoms with van der Waals surface area (Å²) in [6.45, 7) is 6.35. The Hall–Kier alpha value is -2.73. The zero-order valence-electron chi connectivity index (χ0n) is 19.8. The van der Waals surface area contributed by atoms with Crippen LogP contribution in [0.25, 0.3) is 10.8 Å². The Bertz CT molecular complexity index is 1200. The van der Waals surface area contributed by atoms with E-state index >= 15 is 0 Å². The summed E-state index contributed by atoms with van der Waals surface area (Å²) in [5, 5.41) is 5.24. The Balaban J connectivity index is 1.54. The monoisotopic (exact) mass is 466 g/mol. The van der Waals surface area contributed by atoms with Crippen molar-refractivity contribution in [3.63, 3.8) is 0 Å². The minimum Gasteiger partial charge on any atom is -0.352 e. The Morgan fingerprint density at radius 1 is 1.06 bits per heavy atom. The van der Waals surface area contributed by atoms with Gasteiger partial charge in [0.2, 0.25) is 5.91 Å². The van der Waals surface area contributed by atoms with E-state index < -0.39 is 9.84 Å². The number of nitrogens with zero attached hydrogens (tertiary/aromatic N) is 1. The number of aryl methyl sites for hydroxylation is 2. The van der Waals surface area contributed by atoms with Crippen LogP contribution >= 0.6 is 0 Å². The van der Waals surface area contributed by atoms with E-state index in [1.807, 2.05) is 56.4 Å². The lowest BCUT2D eigenvalue weighted by atomic mass is 9.96. The highest BCUT2D eigenvalue weighted by molar-refractivity contribution is 7.91. The van der Waals surface area contributed by atoms with E-state index in [1.54, 1.807) is 12.3 Å². The van der Waals surface area contributed by atoms with Gasteiger partial charge in [-0.05, 0) is 61.8 Å². The van der Waals surface area contributed by atoms with Gasteiger partial charge >= 0.3 is 0 Å². The molecule has 0 aliphatic heterocycles. The Morgan fingerprint density at radius 3 is 2.64 bits per heavy atom. The van der Waals surface area contributed by atoms with E-state index in [-0.39, 0.29) is 17.6 Å². The molecule has 33 heavy (non-hydrogen) atoms. The average molecular weight is 467 g/mol. The molecule has 0 radical (unpaired) electrons. The molecule has 6 heteroatoms. The van der Waals surface area contributed by atoms with Gasteiger partial charge in [-0.1, -0.05) is 55.7 Å². The molecule has 3 rings (SSSR count). The minimum absolute atomic E-state index is 0.0418. The van der Waals surface area contributed by atoms with Gasteiger partial charge < -0.3 is 5.32 Å². The van der Waals surface area contributed by atoms with Crippen molar-refractivity contribution in [3.05, 3.63) is 71.5 Å². The number of sulfone groups is 1. The number of carbonyl (C=O) groups is 1. The molecule has 1 N–H and O–H groups in total. The van der Waals surface area contributed by atoms with Crippen LogP contribution in [0.2, 0.25) is 0 Å². The summed E-state index contributed by atoms with van der Waals surface area (Å²) >= 11 is 0. The van der Waals surface area contributed by atoms with Crippen LogP contribution in [0.3, 0.4) is 0 Å². The summed E-state index contributed by atoms with van der Waals surface area (Å²) in [6, 6.07) is 13.4. The highest BCUT2D eigenvalue weighted by Gasteiger charge is 2.20. The topological polar surface area (TPSA) is 76.1 Å². The van der Waals surface area contributed by atoms with Gasteiger partial charge in [-0.3, -0.25) is 9.78 Å². The van der Waals surface area contributed by atoms with Crippen molar-refractivity contribution in [1.29, 1.82) is 0 Å². The summed E-state index contributed by atoms with van der Waals surface area (Å²) in [4.78, 5) is 17.5. The second kappa shape index (κ2) is 11.4. The molecule has 0 aliphatic rings. The van der Waals surface area contributed by atoms with Crippen LogP contribution in [-0.4, -0.2) is 25.1 Å². The smallest absolute Gasteiger partial charge is 0.223 e.